The topological polar surface area (TPSA) is 72.7 Å². The Bertz CT molecular complexity index is 892. The van der Waals surface area contributed by atoms with E-state index < -0.39 is 0 Å². The molecule has 3 rings (SSSR count). The number of pyridine rings is 1. The van der Waals surface area contributed by atoms with E-state index in [2.05, 4.69) is 20.5 Å². The van der Waals surface area contributed by atoms with Gasteiger partial charge in [-0.3, -0.25) is 9.78 Å². The monoisotopic (exact) mass is 353 g/mol. The summed E-state index contributed by atoms with van der Waals surface area (Å²) in [4.78, 5) is 16.3. The van der Waals surface area contributed by atoms with Crippen molar-refractivity contribution in [3.05, 3.63) is 53.9 Å². The molecule has 2 aromatic heterocycles. The van der Waals surface area contributed by atoms with E-state index in [-0.39, 0.29) is 11.7 Å². The number of carbonyl (C=O) groups is 1. The van der Waals surface area contributed by atoms with Crippen LogP contribution in [0.3, 0.4) is 0 Å². The lowest BCUT2D eigenvalue weighted by atomic mass is 10.1. The van der Waals surface area contributed by atoms with E-state index >= 15 is 0 Å². The first kappa shape index (κ1) is 17.2. The highest BCUT2D eigenvalue weighted by Gasteiger charge is 2.13. The first-order chi connectivity index (χ1) is 12.0. The average molecular weight is 353 g/mol. The molecule has 128 valence electrons. The number of anilines is 1. The molecule has 0 aliphatic carbocycles. The number of thioether (sulfide) groups is 1. The molecule has 0 radical (unpaired) electrons. The van der Waals surface area contributed by atoms with E-state index in [4.69, 9.17) is 0 Å². The lowest BCUT2D eigenvalue weighted by Gasteiger charge is -2.09. The molecule has 7 heteroatoms. The molecule has 2 heterocycles. The van der Waals surface area contributed by atoms with Gasteiger partial charge in [0.1, 0.15) is 0 Å². The van der Waals surface area contributed by atoms with Crippen LogP contribution in [0.25, 0.3) is 11.4 Å². The zero-order chi connectivity index (χ0) is 17.8. The second-order valence-corrected chi connectivity index (χ2v) is 6.70. The average Bonchev–Trinajstić information content (AvgIpc) is 2.98. The van der Waals surface area contributed by atoms with Crippen LogP contribution in [-0.2, 0) is 11.8 Å². The van der Waals surface area contributed by atoms with E-state index in [1.807, 2.05) is 55.8 Å². The summed E-state index contributed by atoms with van der Waals surface area (Å²) in [5.41, 5.74) is 3.90. The largest absolute Gasteiger partial charge is 0.325 e. The van der Waals surface area contributed by atoms with Crippen molar-refractivity contribution >= 4 is 23.4 Å². The molecule has 3 aromatic rings. The number of carbonyl (C=O) groups excluding carboxylic acids is 1. The number of aromatic nitrogens is 4. The Morgan fingerprint density at radius 1 is 1.24 bits per heavy atom. The minimum Gasteiger partial charge on any atom is -0.325 e. The van der Waals surface area contributed by atoms with Crippen molar-refractivity contribution in [2.24, 2.45) is 7.05 Å². The second-order valence-electron chi connectivity index (χ2n) is 5.76. The fourth-order valence-electron chi connectivity index (χ4n) is 2.37. The third-order valence-corrected chi connectivity index (χ3v) is 4.77. The summed E-state index contributed by atoms with van der Waals surface area (Å²) in [6.45, 7) is 3.98. The summed E-state index contributed by atoms with van der Waals surface area (Å²) < 4.78 is 1.87. The number of hydrogen-bond acceptors (Lipinski definition) is 5. The Morgan fingerprint density at radius 3 is 2.84 bits per heavy atom. The maximum absolute atomic E-state index is 12.2. The second kappa shape index (κ2) is 7.48. The maximum Gasteiger partial charge on any atom is 0.234 e. The molecule has 0 spiro atoms. The molecule has 1 amide bonds. The highest BCUT2D eigenvalue weighted by Crippen LogP contribution is 2.22. The summed E-state index contributed by atoms with van der Waals surface area (Å²) in [7, 11) is 1.88. The molecule has 0 unspecified atom stereocenters. The van der Waals surface area contributed by atoms with Crippen molar-refractivity contribution in [3.63, 3.8) is 0 Å². The quantitative estimate of drug-likeness (QED) is 0.713. The Hall–Kier alpha value is -2.67. The van der Waals surface area contributed by atoms with Crippen LogP contribution < -0.4 is 5.32 Å². The van der Waals surface area contributed by atoms with Crippen LogP contribution in [0.15, 0.2) is 47.9 Å². The van der Waals surface area contributed by atoms with Gasteiger partial charge in [0.25, 0.3) is 0 Å². The maximum atomic E-state index is 12.2. The normalized spacial score (nSPS) is 10.7. The lowest BCUT2D eigenvalue weighted by molar-refractivity contribution is -0.113. The van der Waals surface area contributed by atoms with Crippen molar-refractivity contribution < 1.29 is 4.79 Å². The number of hydrogen-bond donors (Lipinski definition) is 1. The third-order valence-electron chi connectivity index (χ3n) is 3.75. The van der Waals surface area contributed by atoms with Gasteiger partial charge < -0.3 is 9.88 Å². The number of nitrogens with one attached hydrogen (secondary N) is 1. The lowest BCUT2D eigenvalue weighted by Crippen LogP contribution is -2.15. The van der Waals surface area contributed by atoms with Gasteiger partial charge in [0.15, 0.2) is 11.0 Å². The van der Waals surface area contributed by atoms with Crippen molar-refractivity contribution in [2.75, 3.05) is 11.1 Å². The van der Waals surface area contributed by atoms with Crippen LogP contribution in [0.4, 0.5) is 5.69 Å². The SMILES string of the molecule is Cc1ccc(C)c(NC(=O)CSc2nnc(-c3cccnc3)n2C)c1. The molecule has 1 N–H and O–H groups in total. The smallest absolute Gasteiger partial charge is 0.234 e. The molecule has 0 aliphatic heterocycles. The van der Waals surface area contributed by atoms with Gasteiger partial charge in [-0.05, 0) is 43.2 Å². The van der Waals surface area contributed by atoms with E-state index in [9.17, 15) is 4.79 Å². The molecule has 6 nitrogen and oxygen atoms in total. The van der Waals surface area contributed by atoms with Crippen LogP contribution in [0.2, 0.25) is 0 Å². The molecule has 25 heavy (non-hydrogen) atoms. The Balaban J connectivity index is 1.65. The van der Waals surface area contributed by atoms with Gasteiger partial charge >= 0.3 is 0 Å². The van der Waals surface area contributed by atoms with Crippen LogP contribution >= 0.6 is 11.8 Å². The predicted molar refractivity (Wildman–Crippen MR) is 99.5 cm³/mol. The van der Waals surface area contributed by atoms with Crippen LogP contribution in [0.5, 0.6) is 0 Å². The highest BCUT2D eigenvalue weighted by molar-refractivity contribution is 7.99. The fourth-order valence-corrected chi connectivity index (χ4v) is 3.08. The van der Waals surface area contributed by atoms with E-state index in [0.717, 1.165) is 28.2 Å². The van der Waals surface area contributed by atoms with Crippen LogP contribution in [-0.4, -0.2) is 31.4 Å². The standard InChI is InChI=1S/C18H19N5OS/c1-12-6-7-13(2)15(9-12)20-16(24)11-25-18-22-21-17(23(18)3)14-5-4-8-19-10-14/h4-10H,11H2,1-3H3,(H,20,24). The number of amides is 1. The zero-order valence-electron chi connectivity index (χ0n) is 14.4. The van der Waals surface area contributed by atoms with Gasteiger partial charge in [-0.15, -0.1) is 10.2 Å². The predicted octanol–water partition coefficient (Wildman–Crippen LogP) is 3.22. The first-order valence-corrected chi connectivity index (χ1v) is 8.83. The van der Waals surface area contributed by atoms with Crippen molar-refractivity contribution in [1.82, 2.24) is 19.7 Å². The molecule has 0 fully saturated rings. The molecule has 0 saturated carbocycles. The van der Waals surface area contributed by atoms with Crippen molar-refractivity contribution in [3.8, 4) is 11.4 Å². The van der Waals surface area contributed by atoms with Crippen LogP contribution in [0, 0.1) is 13.8 Å². The summed E-state index contributed by atoms with van der Waals surface area (Å²) in [6, 6.07) is 9.79. The van der Waals surface area contributed by atoms with Gasteiger partial charge in [-0.25, -0.2) is 0 Å². The van der Waals surface area contributed by atoms with E-state index in [0.29, 0.717) is 5.16 Å². The zero-order valence-corrected chi connectivity index (χ0v) is 15.2. The Morgan fingerprint density at radius 2 is 2.08 bits per heavy atom. The van der Waals surface area contributed by atoms with E-state index in [1.165, 1.54) is 11.8 Å². The molecule has 0 atom stereocenters. The molecule has 0 aliphatic rings. The number of aryl methyl sites for hydroxylation is 2. The molecule has 0 saturated heterocycles. The van der Waals surface area contributed by atoms with E-state index in [1.54, 1.807) is 12.4 Å². The van der Waals surface area contributed by atoms with Gasteiger partial charge in [0.2, 0.25) is 5.91 Å². The van der Waals surface area contributed by atoms with Crippen molar-refractivity contribution in [2.45, 2.75) is 19.0 Å². The first-order valence-electron chi connectivity index (χ1n) is 7.84. The number of benzene rings is 1. The Labute approximate surface area is 150 Å². The highest BCUT2D eigenvalue weighted by atomic mass is 32.2. The summed E-state index contributed by atoms with van der Waals surface area (Å²) in [5, 5.41) is 12.0. The van der Waals surface area contributed by atoms with Crippen molar-refractivity contribution in [1.29, 1.82) is 0 Å². The number of nitrogens with zero attached hydrogens (tertiary/aromatic N) is 4. The molecular weight excluding hydrogens is 334 g/mol. The summed E-state index contributed by atoms with van der Waals surface area (Å²) in [6.07, 6.45) is 3.46. The fraction of sp³-hybridized carbons (Fsp3) is 0.222. The molecule has 1 aromatic carbocycles. The third kappa shape index (κ3) is 4.06. The minimum absolute atomic E-state index is 0.0652. The Kier molecular flexibility index (Phi) is 5.14. The van der Waals surface area contributed by atoms with Crippen LogP contribution in [0.1, 0.15) is 11.1 Å². The minimum atomic E-state index is -0.0652. The van der Waals surface area contributed by atoms with Gasteiger partial charge in [0.05, 0.1) is 5.75 Å². The van der Waals surface area contributed by atoms with Gasteiger partial charge in [-0.1, -0.05) is 23.9 Å². The summed E-state index contributed by atoms with van der Waals surface area (Å²) >= 11 is 1.36. The van der Waals surface area contributed by atoms with Gasteiger partial charge in [-0.2, -0.15) is 0 Å². The summed E-state index contributed by atoms with van der Waals surface area (Å²) in [5.74, 6) is 0.932. The molecule has 0 bridgehead atoms. The molecular formula is C18H19N5OS. The number of rotatable bonds is 5. The van der Waals surface area contributed by atoms with Gasteiger partial charge in [0, 0.05) is 30.7 Å².